The van der Waals surface area contributed by atoms with Crippen molar-refractivity contribution in [1.29, 1.82) is 0 Å². The molecule has 4 rings (SSSR count). The van der Waals surface area contributed by atoms with Crippen molar-refractivity contribution in [2.45, 2.75) is 32.1 Å². The first-order chi connectivity index (χ1) is 10.8. The molecule has 1 aromatic carbocycles. The van der Waals surface area contributed by atoms with Crippen LogP contribution in [0.1, 0.15) is 17.7 Å². The molecule has 0 saturated carbocycles. The molecule has 0 unspecified atom stereocenters. The van der Waals surface area contributed by atoms with Gasteiger partial charge in [-0.05, 0) is 24.1 Å². The first-order valence-corrected chi connectivity index (χ1v) is 7.56. The molecule has 0 fully saturated rings. The summed E-state index contributed by atoms with van der Waals surface area (Å²) in [4.78, 5) is 6.53. The Labute approximate surface area is 128 Å². The highest BCUT2D eigenvalue weighted by molar-refractivity contribution is 5.44. The Morgan fingerprint density at radius 3 is 3.09 bits per heavy atom. The minimum atomic E-state index is 0.158. The topological polar surface area (TPSA) is 59.8 Å². The Balaban J connectivity index is 1.57. The molecule has 116 valence electrons. The van der Waals surface area contributed by atoms with Crippen molar-refractivity contribution in [3.63, 3.8) is 0 Å². The number of fused-ring (bicyclic) bond motifs is 2. The monoisotopic (exact) mass is 301 g/mol. The summed E-state index contributed by atoms with van der Waals surface area (Å²) in [5.41, 5.74) is 2.35. The van der Waals surface area contributed by atoms with Crippen molar-refractivity contribution in [3.05, 3.63) is 42.0 Å². The molecule has 1 N–H and O–H groups in total. The lowest BCUT2D eigenvalue weighted by atomic mass is 10.1. The molecule has 0 aliphatic carbocycles. The predicted octanol–water partition coefficient (Wildman–Crippen LogP) is 1.38. The number of hydrogen-bond donors (Lipinski definition) is 1. The van der Waals surface area contributed by atoms with E-state index < -0.39 is 0 Å². The van der Waals surface area contributed by atoms with Crippen LogP contribution in [-0.2, 0) is 19.6 Å². The van der Waals surface area contributed by atoms with Gasteiger partial charge in [0, 0.05) is 31.9 Å². The highest BCUT2D eigenvalue weighted by atomic mass is 16.7. The van der Waals surface area contributed by atoms with Crippen LogP contribution in [0.25, 0.3) is 0 Å². The molecule has 1 atom stereocenters. The lowest BCUT2D eigenvalue weighted by Gasteiger charge is -2.28. The fourth-order valence-electron chi connectivity index (χ4n) is 3.15. The second-order valence-corrected chi connectivity index (χ2v) is 5.80. The van der Waals surface area contributed by atoms with Crippen LogP contribution in [0.3, 0.4) is 0 Å². The fraction of sp³-hybridized carbons (Fsp3) is 0.438. The van der Waals surface area contributed by atoms with Gasteiger partial charge in [0.2, 0.25) is 6.79 Å². The van der Waals surface area contributed by atoms with E-state index in [4.69, 9.17) is 9.47 Å². The van der Waals surface area contributed by atoms with Gasteiger partial charge in [-0.25, -0.2) is 4.98 Å². The molecular formula is C16H19N3O3. The van der Waals surface area contributed by atoms with E-state index in [1.807, 2.05) is 24.7 Å². The Morgan fingerprint density at radius 1 is 1.27 bits per heavy atom. The highest BCUT2D eigenvalue weighted by Gasteiger charge is 2.24. The van der Waals surface area contributed by atoms with Gasteiger partial charge >= 0.3 is 0 Å². The number of imidazole rings is 1. The Hall–Kier alpha value is -2.05. The number of rotatable bonds is 3. The van der Waals surface area contributed by atoms with Gasteiger partial charge in [-0.1, -0.05) is 6.07 Å². The first-order valence-electron chi connectivity index (χ1n) is 7.56. The number of benzene rings is 1. The average Bonchev–Trinajstić information content (AvgIpc) is 3.13. The van der Waals surface area contributed by atoms with Gasteiger partial charge in [-0.2, -0.15) is 0 Å². The number of aliphatic hydroxyl groups excluding tert-OH is 1. The Morgan fingerprint density at radius 2 is 2.18 bits per heavy atom. The van der Waals surface area contributed by atoms with E-state index in [-0.39, 0.29) is 12.6 Å². The second-order valence-electron chi connectivity index (χ2n) is 5.80. The van der Waals surface area contributed by atoms with Crippen molar-refractivity contribution in [1.82, 2.24) is 14.5 Å². The van der Waals surface area contributed by atoms with Crippen LogP contribution < -0.4 is 9.47 Å². The molecule has 2 aliphatic heterocycles. The van der Waals surface area contributed by atoms with Gasteiger partial charge in [0.1, 0.15) is 0 Å². The van der Waals surface area contributed by atoms with Crippen LogP contribution in [0.15, 0.2) is 30.7 Å². The number of aliphatic hydroxyl groups is 1. The molecule has 1 aromatic heterocycles. The summed E-state index contributed by atoms with van der Waals surface area (Å²) in [5.74, 6) is 1.61. The molecule has 0 spiro atoms. The third kappa shape index (κ3) is 2.44. The molecule has 6 heteroatoms. The zero-order valence-electron chi connectivity index (χ0n) is 12.3. The Kier molecular flexibility index (Phi) is 3.48. The van der Waals surface area contributed by atoms with E-state index in [1.54, 1.807) is 0 Å². The van der Waals surface area contributed by atoms with E-state index in [2.05, 4.69) is 20.5 Å². The van der Waals surface area contributed by atoms with E-state index in [0.29, 0.717) is 6.79 Å². The number of hydrogen-bond acceptors (Lipinski definition) is 5. The maximum absolute atomic E-state index is 9.72. The summed E-state index contributed by atoms with van der Waals surface area (Å²) in [6.07, 6.45) is 4.70. The standard InChI is InChI=1S/C16H19N3O3/c20-9-13-3-4-18-10-17-6-14(18)8-19(13)7-12-1-2-15-16(5-12)22-11-21-15/h1-2,5-6,10,13,20H,3-4,7-9,11H2/t13-/m1/s1. The molecule has 2 aliphatic rings. The lowest BCUT2D eigenvalue weighted by Crippen LogP contribution is -2.36. The summed E-state index contributed by atoms with van der Waals surface area (Å²) in [6, 6.07) is 6.20. The highest BCUT2D eigenvalue weighted by Crippen LogP contribution is 2.33. The summed E-state index contributed by atoms with van der Waals surface area (Å²) in [6.45, 7) is 2.93. The molecule has 0 bridgehead atoms. The second kappa shape index (κ2) is 5.62. The van der Waals surface area contributed by atoms with Crippen LogP contribution >= 0.6 is 0 Å². The number of aromatic nitrogens is 2. The van der Waals surface area contributed by atoms with Crippen molar-refractivity contribution >= 4 is 0 Å². The summed E-state index contributed by atoms with van der Waals surface area (Å²) in [5, 5.41) is 9.72. The minimum absolute atomic E-state index is 0.158. The quantitative estimate of drug-likeness (QED) is 0.928. The van der Waals surface area contributed by atoms with Gasteiger partial charge < -0.3 is 19.1 Å². The van der Waals surface area contributed by atoms with Crippen LogP contribution in [0.2, 0.25) is 0 Å². The van der Waals surface area contributed by atoms with Gasteiger partial charge in [-0.3, -0.25) is 4.90 Å². The largest absolute Gasteiger partial charge is 0.454 e. The molecule has 2 aromatic rings. The molecule has 0 amide bonds. The van der Waals surface area contributed by atoms with E-state index in [9.17, 15) is 5.11 Å². The van der Waals surface area contributed by atoms with E-state index >= 15 is 0 Å². The van der Waals surface area contributed by atoms with E-state index in [1.165, 1.54) is 5.69 Å². The van der Waals surface area contributed by atoms with Crippen molar-refractivity contribution in [2.24, 2.45) is 0 Å². The SMILES string of the molecule is OC[C@H]1CCn2cncc2CN1Cc1ccc2c(c1)OCO2. The molecule has 3 heterocycles. The summed E-state index contributed by atoms with van der Waals surface area (Å²) >= 11 is 0. The lowest BCUT2D eigenvalue weighted by molar-refractivity contribution is 0.107. The van der Waals surface area contributed by atoms with Gasteiger partial charge in [0.15, 0.2) is 11.5 Å². The van der Waals surface area contributed by atoms with Crippen molar-refractivity contribution < 1.29 is 14.6 Å². The average molecular weight is 301 g/mol. The maximum Gasteiger partial charge on any atom is 0.231 e. The third-order valence-electron chi connectivity index (χ3n) is 4.42. The predicted molar refractivity (Wildman–Crippen MR) is 79.5 cm³/mol. The molecule has 6 nitrogen and oxygen atoms in total. The van der Waals surface area contributed by atoms with Gasteiger partial charge in [-0.15, -0.1) is 0 Å². The van der Waals surface area contributed by atoms with E-state index in [0.717, 1.165) is 43.1 Å². The van der Waals surface area contributed by atoms with Crippen molar-refractivity contribution in [2.75, 3.05) is 13.4 Å². The van der Waals surface area contributed by atoms with Gasteiger partial charge in [0.05, 0.1) is 18.6 Å². The number of nitrogens with zero attached hydrogens (tertiary/aromatic N) is 3. The minimum Gasteiger partial charge on any atom is -0.454 e. The molecular weight excluding hydrogens is 282 g/mol. The smallest absolute Gasteiger partial charge is 0.231 e. The van der Waals surface area contributed by atoms with Crippen LogP contribution in [-0.4, -0.2) is 39.0 Å². The van der Waals surface area contributed by atoms with Crippen molar-refractivity contribution in [3.8, 4) is 11.5 Å². The first kappa shape index (κ1) is 13.6. The summed E-state index contributed by atoms with van der Waals surface area (Å²) < 4.78 is 13.0. The molecule has 22 heavy (non-hydrogen) atoms. The third-order valence-corrected chi connectivity index (χ3v) is 4.42. The van der Waals surface area contributed by atoms with Crippen LogP contribution in [0.5, 0.6) is 11.5 Å². The molecule has 0 radical (unpaired) electrons. The zero-order valence-corrected chi connectivity index (χ0v) is 12.3. The Bertz CT molecular complexity index is 670. The maximum atomic E-state index is 9.72. The van der Waals surface area contributed by atoms with Crippen LogP contribution in [0, 0.1) is 0 Å². The normalized spacial score (nSPS) is 20.7. The number of aryl methyl sites for hydroxylation is 1. The fourth-order valence-corrected chi connectivity index (χ4v) is 3.15. The summed E-state index contributed by atoms with van der Waals surface area (Å²) in [7, 11) is 0. The van der Waals surface area contributed by atoms with Gasteiger partial charge in [0.25, 0.3) is 0 Å². The van der Waals surface area contributed by atoms with Crippen LogP contribution in [0.4, 0.5) is 0 Å². The number of ether oxygens (including phenoxy) is 2. The zero-order chi connectivity index (χ0) is 14.9. The molecule has 0 saturated heterocycles.